The van der Waals surface area contributed by atoms with Crippen LogP contribution in [0.4, 0.5) is 0 Å². The van der Waals surface area contributed by atoms with E-state index < -0.39 is 0 Å². The van der Waals surface area contributed by atoms with Crippen LogP contribution in [-0.2, 0) is 0 Å². The van der Waals surface area contributed by atoms with E-state index >= 15 is 0 Å². The molecule has 7 heteroatoms. The maximum absolute atomic E-state index is 12.0. The Morgan fingerprint density at radius 3 is 2.72 bits per heavy atom. The van der Waals surface area contributed by atoms with Crippen LogP contribution in [0.15, 0.2) is 64.1 Å². The Balaban J connectivity index is 1.70. The van der Waals surface area contributed by atoms with Crippen LogP contribution in [0.3, 0.4) is 0 Å². The van der Waals surface area contributed by atoms with Crippen LogP contribution in [0.2, 0.25) is 10.0 Å². The van der Waals surface area contributed by atoms with Crippen molar-refractivity contribution in [1.29, 1.82) is 0 Å². The van der Waals surface area contributed by atoms with Crippen molar-refractivity contribution in [2.45, 2.75) is 0 Å². The van der Waals surface area contributed by atoms with Gasteiger partial charge < -0.3 is 4.42 Å². The molecule has 0 radical (unpaired) electrons. The summed E-state index contributed by atoms with van der Waals surface area (Å²) < 4.78 is 6.64. The van der Waals surface area contributed by atoms with E-state index in [4.69, 9.17) is 27.6 Å². The highest BCUT2D eigenvalue weighted by atomic mass is 127. The van der Waals surface area contributed by atoms with E-state index in [-0.39, 0.29) is 5.91 Å². The van der Waals surface area contributed by atoms with E-state index in [2.05, 4.69) is 33.1 Å². The van der Waals surface area contributed by atoms with Crippen LogP contribution >= 0.6 is 45.8 Å². The molecule has 1 amide bonds. The van der Waals surface area contributed by atoms with E-state index in [1.54, 1.807) is 36.4 Å². The van der Waals surface area contributed by atoms with Crippen molar-refractivity contribution in [3.8, 4) is 11.3 Å². The number of hydrazone groups is 1. The molecule has 0 aliphatic carbocycles. The molecule has 126 valence electrons. The van der Waals surface area contributed by atoms with Gasteiger partial charge in [0.1, 0.15) is 11.5 Å². The lowest BCUT2D eigenvalue weighted by atomic mass is 10.2. The average molecular weight is 485 g/mol. The van der Waals surface area contributed by atoms with Gasteiger partial charge in [0.2, 0.25) is 0 Å². The first-order chi connectivity index (χ1) is 12.0. The topological polar surface area (TPSA) is 54.6 Å². The number of nitrogens with one attached hydrogen (secondary N) is 1. The number of rotatable bonds is 4. The maximum Gasteiger partial charge on any atom is 0.271 e. The fourth-order valence-corrected chi connectivity index (χ4v) is 3.05. The molecule has 1 heterocycles. The molecular formula is C18H11Cl2IN2O2. The van der Waals surface area contributed by atoms with Crippen LogP contribution in [0.25, 0.3) is 11.3 Å². The van der Waals surface area contributed by atoms with Gasteiger partial charge in [0.05, 0.1) is 16.3 Å². The van der Waals surface area contributed by atoms with Crippen molar-refractivity contribution in [2.24, 2.45) is 5.10 Å². The average Bonchev–Trinajstić information content (AvgIpc) is 3.06. The summed E-state index contributed by atoms with van der Waals surface area (Å²) in [6.45, 7) is 0. The second kappa shape index (κ2) is 8.03. The normalized spacial score (nSPS) is 11.0. The second-order valence-electron chi connectivity index (χ2n) is 5.01. The Labute approximate surface area is 168 Å². The molecule has 3 rings (SSSR count). The molecule has 0 saturated carbocycles. The number of nitrogens with zero attached hydrogens (tertiary/aromatic N) is 1. The van der Waals surface area contributed by atoms with Gasteiger partial charge in [-0.1, -0.05) is 35.3 Å². The fraction of sp³-hybridized carbons (Fsp3) is 0. The molecule has 0 bridgehead atoms. The summed E-state index contributed by atoms with van der Waals surface area (Å²) >= 11 is 14.3. The van der Waals surface area contributed by atoms with Crippen LogP contribution in [0, 0.1) is 3.57 Å². The van der Waals surface area contributed by atoms with Crippen molar-refractivity contribution < 1.29 is 9.21 Å². The van der Waals surface area contributed by atoms with Crippen molar-refractivity contribution in [1.82, 2.24) is 5.43 Å². The highest BCUT2D eigenvalue weighted by Gasteiger charge is 2.10. The van der Waals surface area contributed by atoms with E-state index in [9.17, 15) is 4.79 Å². The summed E-state index contributed by atoms with van der Waals surface area (Å²) in [5.41, 5.74) is 3.69. The molecule has 0 atom stereocenters. The molecule has 0 saturated heterocycles. The number of hydrogen-bond acceptors (Lipinski definition) is 3. The number of carbonyl (C=O) groups excluding carboxylic acids is 1. The molecule has 0 spiro atoms. The summed E-state index contributed by atoms with van der Waals surface area (Å²) in [5, 5.41) is 4.79. The number of benzene rings is 2. The first-order valence-electron chi connectivity index (χ1n) is 7.18. The standard InChI is InChI=1S/C18H11Cl2IN2O2/c19-15-6-2-5-14(17(15)20)16-8-7-13(25-16)10-22-23-18(24)11-3-1-4-12(21)9-11/h1-10H,(H,23,24). The lowest BCUT2D eigenvalue weighted by Gasteiger charge is -2.02. The Bertz CT molecular complexity index is 954. The van der Waals surface area contributed by atoms with Crippen molar-refractivity contribution in [3.63, 3.8) is 0 Å². The predicted octanol–water partition coefficient (Wildman–Crippen LogP) is 5.62. The smallest absolute Gasteiger partial charge is 0.271 e. The van der Waals surface area contributed by atoms with Gasteiger partial charge in [-0.25, -0.2) is 5.43 Å². The summed E-state index contributed by atoms with van der Waals surface area (Å²) in [6, 6.07) is 16.0. The largest absolute Gasteiger partial charge is 0.455 e. The van der Waals surface area contributed by atoms with Crippen LogP contribution in [0.1, 0.15) is 16.1 Å². The fourth-order valence-electron chi connectivity index (χ4n) is 2.11. The van der Waals surface area contributed by atoms with Gasteiger partial charge in [0, 0.05) is 14.7 Å². The summed E-state index contributed by atoms with van der Waals surface area (Å²) in [4.78, 5) is 12.0. The molecule has 1 aromatic heterocycles. The lowest BCUT2D eigenvalue weighted by Crippen LogP contribution is -2.17. The third-order valence-electron chi connectivity index (χ3n) is 3.29. The van der Waals surface area contributed by atoms with Crippen molar-refractivity contribution >= 4 is 57.9 Å². The SMILES string of the molecule is O=C(NN=Cc1ccc(-c2cccc(Cl)c2Cl)o1)c1cccc(I)c1. The Kier molecular flexibility index (Phi) is 5.78. The van der Waals surface area contributed by atoms with E-state index in [0.717, 1.165) is 3.57 Å². The third kappa shape index (κ3) is 4.42. The molecular weight excluding hydrogens is 474 g/mol. The first kappa shape index (κ1) is 18.0. The van der Waals surface area contributed by atoms with Crippen LogP contribution < -0.4 is 5.43 Å². The third-order valence-corrected chi connectivity index (χ3v) is 4.78. The van der Waals surface area contributed by atoms with Crippen molar-refractivity contribution in [3.05, 3.63) is 79.5 Å². The maximum atomic E-state index is 12.0. The van der Waals surface area contributed by atoms with E-state index in [1.807, 2.05) is 18.2 Å². The van der Waals surface area contributed by atoms with Crippen LogP contribution in [-0.4, -0.2) is 12.1 Å². The highest BCUT2D eigenvalue weighted by Crippen LogP contribution is 2.34. The molecule has 3 aromatic rings. The van der Waals surface area contributed by atoms with Crippen molar-refractivity contribution in [2.75, 3.05) is 0 Å². The van der Waals surface area contributed by atoms with E-state index in [0.29, 0.717) is 32.7 Å². The van der Waals surface area contributed by atoms with Gasteiger partial charge in [-0.3, -0.25) is 4.79 Å². The van der Waals surface area contributed by atoms with Gasteiger partial charge in [0.15, 0.2) is 0 Å². The molecule has 2 aromatic carbocycles. The second-order valence-corrected chi connectivity index (χ2v) is 7.04. The Hall–Kier alpha value is -1.83. The lowest BCUT2D eigenvalue weighted by molar-refractivity contribution is 0.0955. The van der Waals surface area contributed by atoms with Crippen LogP contribution in [0.5, 0.6) is 0 Å². The van der Waals surface area contributed by atoms with Gasteiger partial charge in [0.25, 0.3) is 5.91 Å². The van der Waals surface area contributed by atoms with E-state index in [1.165, 1.54) is 6.21 Å². The number of halogens is 3. The predicted molar refractivity (Wildman–Crippen MR) is 108 cm³/mol. The molecule has 1 N–H and O–H groups in total. The molecule has 25 heavy (non-hydrogen) atoms. The number of amides is 1. The first-order valence-corrected chi connectivity index (χ1v) is 9.01. The molecule has 4 nitrogen and oxygen atoms in total. The number of carbonyl (C=O) groups is 1. The minimum atomic E-state index is -0.292. The summed E-state index contributed by atoms with van der Waals surface area (Å²) in [5.74, 6) is 0.756. The zero-order valence-electron chi connectivity index (χ0n) is 12.7. The van der Waals surface area contributed by atoms with Gasteiger partial charge in [-0.15, -0.1) is 0 Å². The minimum Gasteiger partial charge on any atom is -0.455 e. The number of hydrogen-bond donors (Lipinski definition) is 1. The molecule has 0 fully saturated rings. The Morgan fingerprint density at radius 1 is 1.12 bits per heavy atom. The summed E-state index contributed by atoms with van der Waals surface area (Å²) in [7, 11) is 0. The molecule has 0 aliphatic rings. The van der Waals surface area contributed by atoms with Gasteiger partial charge >= 0.3 is 0 Å². The zero-order valence-corrected chi connectivity index (χ0v) is 16.3. The van der Waals surface area contributed by atoms with Gasteiger partial charge in [-0.2, -0.15) is 5.10 Å². The molecule has 0 aliphatic heterocycles. The minimum absolute atomic E-state index is 0.292. The zero-order chi connectivity index (χ0) is 17.8. The summed E-state index contributed by atoms with van der Waals surface area (Å²) in [6.07, 6.45) is 1.42. The highest BCUT2D eigenvalue weighted by molar-refractivity contribution is 14.1. The number of furan rings is 1. The monoisotopic (exact) mass is 484 g/mol. The molecule has 0 unspecified atom stereocenters. The quantitative estimate of drug-likeness (QED) is 0.297. The Morgan fingerprint density at radius 2 is 1.92 bits per heavy atom. The van der Waals surface area contributed by atoms with Gasteiger partial charge in [-0.05, 0) is 65.1 Å².